The van der Waals surface area contributed by atoms with E-state index in [0.717, 1.165) is 12.8 Å². The first kappa shape index (κ1) is 11.8. The average Bonchev–Trinajstić information content (AvgIpc) is 2.34. The first-order valence-corrected chi connectivity index (χ1v) is 4.15. The third-order valence-corrected chi connectivity index (χ3v) is 1.92. The molecule has 0 aromatic rings. The standard InChI is InChI=1S/C8H10S2.Na/c9-8(10)6-5-7-3-1-2-4-7;/h1-4,7H,5-6H2,(H,9,10);/q;+1/p-1. The molecule has 0 atom stereocenters. The Hall–Kier alpha value is 0.790. The fourth-order valence-electron chi connectivity index (χ4n) is 0.955. The van der Waals surface area contributed by atoms with Crippen LogP contribution < -0.4 is 29.6 Å². The quantitative estimate of drug-likeness (QED) is 0.332. The predicted molar refractivity (Wildman–Crippen MR) is 51.0 cm³/mol. The first-order chi connectivity index (χ1) is 4.79. The minimum Gasteiger partial charge on any atom is -0.433 e. The van der Waals surface area contributed by atoms with Gasteiger partial charge < -0.3 is 24.8 Å². The van der Waals surface area contributed by atoms with Gasteiger partial charge in [-0.25, -0.2) is 0 Å². The van der Waals surface area contributed by atoms with Crippen LogP contribution in [0.1, 0.15) is 12.8 Å². The molecule has 1 aliphatic rings. The first-order valence-electron chi connectivity index (χ1n) is 3.34. The van der Waals surface area contributed by atoms with E-state index in [0.29, 0.717) is 10.1 Å². The number of rotatable bonds is 3. The molecule has 0 spiro atoms. The molecule has 0 N–H and O–H groups in total. The molecule has 0 unspecified atom stereocenters. The van der Waals surface area contributed by atoms with Gasteiger partial charge in [0.05, 0.1) is 0 Å². The number of hydrogen-bond donors (Lipinski definition) is 0. The van der Waals surface area contributed by atoms with Gasteiger partial charge in [0.15, 0.2) is 0 Å². The summed E-state index contributed by atoms with van der Waals surface area (Å²) in [7, 11) is 0. The average molecular weight is 192 g/mol. The van der Waals surface area contributed by atoms with Crippen molar-refractivity contribution in [3.05, 3.63) is 24.3 Å². The fourth-order valence-corrected chi connectivity index (χ4v) is 1.19. The van der Waals surface area contributed by atoms with Crippen LogP contribution in [0.5, 0.6) is 0 Å². The molecule has 54 valence electrons. The Balaban J connectivity index is 0.000001000. The Kier molecular flexibility index (Phi) is 6.78. The summed E-state index contributed by atoms with van der Waals surface area (Å²) in [5.74, 6) is 0.584. The molecule has 1 rings (SSSR count). The maximum atomic E-state index is 4.80. The van der Waals surface area contributed by atoms with Crippen LogP contribution in [0.3, 0.4) is 0 Å². The van der Waals surface area contributed by atoms with Crippen molar-refractivity contribution in [1.82, 2.24) is 0 Å². The topological polar surface area (TPSA) is 0 Å². The van der Waals surface area contributed by atoms with Gasteiger partial charge in [0.1, 0.15) is 0 Å². The molecule has 1 aliphatic carbocycles. The minimum absolute atomic E-state index is 0. The van der Waals surface area contributed by atoms with Crippen molar-refractivity contribution in [3.8, 4) is 0 Å². The van der Waals surface area contributed by atoms with E-state index in [9.17, 15) is 0 Å². The summed E-state index contributed by atoms with van der Waals surface area (Å²) >= 11 is 9.59. The van der Waals surface area contributed by atoms with Crippen LogP contribution >= 0.6 is 12.2 Å². The summed E-state index contributed by atoms with van der Waals surface area (Å²) < 4.78 is 0.703. The molecule has 0 heterocycles. The Morgan fingerprint density at radius 3 is 2.36 bits per heavy atom. The van der Waals surface area contributed by atoms with Crippen LogP contribution in [0.25, 0.3) is 0 Å². The Bertz CT molecular complexity index is 173. The van der Waals surface area contributed by atoms with Crippen molar-refractivity contribution in [2.75, 3.05) is 0 Å². The Morgan fingerprint density at radius 2 is 1.91 bits per heavy atom. The molecule has 11 heavy (non-hydrogen) atoms. The summed E-state index contributed by atoms with van der Waals surface area (Å²) in [6.45, 7) is 0. The van der Waals surface area contributed by atoms with Crippen molar-refractivity contribution in [2.24, 2.45) is 5.92 Å². The molecule has 0 radical (unpaired) electrons. The van der Waals surface area contributed by atoms with Gasteiger partial charge in [0, 0.05) is 0 Å². The molecule has 0 amide bonds. The van der Waals surface area contributed by atoms with E-state index in [4.69, 9.17) is 24.8 Å². The number of thiocarbonyl (C=S) groups is 1. The second-order valence-electron chi connectivity index (χ2n) is 2.34. The zero-order chi connectivity index (χ0) is 7.40. The van der Waals surface area contributed by atoms with E-state index < -0.39 is 0 Å². The Labute approximate surface area is 101 Å². The smallest absolute Gasteiger partial charge is 0.433 e. The molecule has 0 bridgehead atoms. The SMILES string of the molecule is S=C([S-])CCC1C=CC=C1.[Na+]. The summed E-state index contributed by atoms with van der Waals surface area (Å²) in [4.78, 5) is 0. The van der Waals surface area contributed by atoms with Gasteiger partial charge in [0.2, 0.25) is 0 Å². The van der Waals surface area contributed by atoms with Crippen molar-refractivity contribution >= 4 is 29.0 Å². The van der Waals surface area contributed by atoms with Gasteiger partial charge >= 0.3 is 29.6 Å². The van der Waals surface area contributed by atoms with Crippen LogP contribution in [0.4, 0.5) is 0 Å². The van der Waals surface area contributed by atoms with Crippen LogP contribution in [0, 0.1) is 5.92 Å². The van der Waals surface area contributed by atoms with E-state index in [-0.39, 0.29) is 29.6 Å². The molecule has 0 nitrogen and oxygen atoms in total. The largest absolute Gasteiger partial charge is 1.00 e. The fraction of sp³-hybridized carbons (Fsp3) is 0.375. The molecule has 0 saturated carbocycles. The van der Waals surface area contributed by atoms with Crippen LogP contribution in [-0.2, 0) is 12.6 Å². The normalized spacial score (nSPS) is 14.9. The van der Waals surface area contributed by atoms with E-state index in [2.05, 4.69) is 24.3 Å². The van der Waals surface area contributed by atoms with Gasteiger partial charge in [-0.3, -0.25) is 0 Å². The zero-order valence-electron chi connectivity index (χ0n) is 6.62. The molecule has 0 saturated heterocycles. The van der Waals surface area contributed by atoms with Crippen molar-refractivity contribution in [2.45, 2.75) is 12.8 Å². The van der Waals surface area contributed by atoms with Gasteiger partial charge in [0.25, 0.3) is 0 Å². The molecule has 0 fully saturated rings. The van der Waals surface area contributed by atoms with E-state index >= 15 is 0 Å². The van der Waals surface area contributed by atoms with Crippen LogP contribution in [-0.4, -0.2) is 4.20 Å². The van der Waals surface area contributed by atoms with Crippen LogP contribution in [0.2, 0.25) is 0 Å². The molecule has 3 heteroatoms. The molecule has 0 aromatic carbocycles. The molecule has 0 aromatic heterocycles. The Morgan fingerprint density at radius 1 is 1.36 bits per heavy atom. The van der Waals surface area contributed by atoms with Crippen molar-refractivity contribution in [1.29, 1.82) is 0 Å². The monoisotopic (exact) mass is 192 g/mol. The van der Waals surface area contributed by atoms with Crippen molar-refractivity contribution < 1.29 is 29.6 Å². The van der Waals surface area contributed by atoms with Gasteiger partial charge in [-0.1, -0.05) is 24.3 Å². The number of allylic oxidation sites excluding steroid dienone is 4. The van der Waals surface area contributed by atoms with Gasteiger partial charge in [-0.15, -0.1) is 0 Å². The minimum atomic E-state index is 0. The third kappa shape index (κ3) is 5.10. The number of hydrogen-bond acceptors (Lipinski definition) is 2. The summed E-state index contributed by atoms with van der Waals surface area (Å²) in [5.41, 5.74) is 0. The summed E-state index contributed by atoms with van der Waals surface area (Å²) in [6.07, 6.45) is 10.5. The second-order valence-corrected chi connectivity index (χ2v) is 3.59. The van der Waals surface area contributed by atoms with E-state index in [1.807, 2.05) is 0 Å². The maximum absolute atomic E-state index is 4.80. The van der Waals surface area contributed by atoms with Crippen molar-refractivity contribution in [3.63, 3.8) is 0 Å². The maximum Gasteiger partial charge on any atom is 1.00 e. The summed E-state index contributed by atoms with van der Waals surface area (Å²) in [6, 6.07) is 0. The molecular formula is C8H9NaS2. The summed E-state index contributed by atoms with van der Waals surface area (Å²) in [5, 5.41) is 0. The van der Waals surface area contributed by atoms with Gasteiger partial charge in [-0.2, -0.15) is 4.20 Å². The van der Waals surface area contributed by atoms with Crippen LogP contribution in [0.15, 0.2) is 24.3 Å². The molecular weight excluding hydrogens is 183 g/mol. The third-order valence-electron chi connectivity index (χ3n) is 1.51. The zero-order valence-corrected chi connectivity index (χ0v) is 10.3. The van der Waals surface area contributed by atoms with E-state index in [1.54, 1.807) is 0 Å². The second kappa shape index (κ2) is 6.32. The van der Waals surface area contributed by atoms with E-state index in [1.165, 1.54) is 0 Å². The predicted octanol–water partition coefficient (Wildman–Crippen LogP) is -0.613. The molecule has 0 aliphatic heterocycles. The van der Waals surface area contributed by atoms with Gasteiger partial charge in [-0.05, 0) is 18.8 Å².